The average Bonchev–Trinajstić information content (AvgIpc) is 2.33. The van der Waals surface area contributed by atoms with Gasteiger partial charge in [0.2, 0.25) is 0 Å². The molecular formula is C13H18N2O. The Bertz CT molecular complexity index is 388. The summed E-state index contributed by atoms with van der Waals surface area (Å²) in [5.74, 6) is 0.872. The minimum atomic E-state index is 0.843. The first kappa shape index (κ1) is 11.0. The smallest absolute Gasteiger partial charge is 0.119 e. The third kappa shape index (κ3) is 2.55. The SMILES string of the molecule is COc1ccc(N)c(CN2CC=CCC2)c1. The first-order chi connectivity index (χ1) is 7.79. The Balaban J connectivity index is 2.10. The zero-order valence-electron chi connectivity index (χ0n) is 9.65. The maximum atomic E-state index is 5.96. The molecule has 1 aliphatic rings. The molecule has 1 aromatic rings. The highest BCUT2D eigenvalue weighted by Crippen LogP contribution is 2.21. The van der Waals surface area contributed by atoms with Crippen LogP contribution in [-0.4, -0.2) is 25.1 Å². The molecule has 2 rings (SSSR count). The standard InChI is InChI=1S/C13H18N2O/c1-16-12-5-6-13(14)11(9-12)10-15-7-3-2-4-8-15/h2-3,5-6,9H,4,7-8,10,14H2,1H3. The Morgan fingerprint density at radius 2 is 2.25 bits per heavy atom. The molecule has 0 atom stereocenters. The van der Waals surface area contributed by atoms with Crippen LogP contribution in [0.25, 0.3) is 0 Å². The molecule has 1 heterocycles. The van der Waals surface area contributed by atoms with Crippen molar-refractivity contribution in [3.8, 4) is 5.75 Å². The van der Waals surface area contributed by atoms with Crippen LogP contribution in [0, 0.1) is 0 Å². The molecule has 2 N–H and O–H groups in total. The molecule has 16 heavy (non-hydrogen) atoms. The van der Waals surface area contributed by atoms with Gasteiger partial charge < -0.3 is 10.5 Å². The average molecular weight is 218 g/mol. The summed E-state index contributed by atoms with van der Waals surface area (Å²) in [6, 6.07) is 5.83. The molecule has 0 radical (unpaired) electrons. The summed E-state index contributed by atoms with van der Waals surface area (Å²) in [5, 5.41) is 0. The molecule has 0 bridgehead atoms. The number of nitrogens with two attached hydrogens (primary N) is 1. The van der Waals surface area contributed by atoms with E-state index in [9.17, 15) is 0 Å². The molecule has 0 saturated heterocycles. The van der Waals surface area contributed by atoms with E-state index in [0.29, 0.717) is 0 Å². The van der Waals surface area contributed by atoms with E-state index in [2.05, 4.69) is 17.1 Å². The molecule has 0 saturated carbocycles. The largest absolute Gasteiger partial charge is 0.497 e. The van der Waals surface area contributed by atoms with Gasteiger partial charge >= 0.3 is 0 Å². The van der Waals surface area contributed by atoms with Crippen LogP contribution in [0.1, 0.15) is 12.0 Å². The first-order valence-electron chi connectivity index (χ1n) is 5.59. The molecule has 0 aromatic heterocycles. The van der Waals surface area contributed by atoms with Crippen LogP contribution in [0.3, 0.4) is 0 Å². The van der Waals surface area contributed by atoms with E-state index in [4.69, 9.17) is 10.5 Å². The number of methoxy groups -OCH3 is 1. The summed E-state index contributed by atoms with van der Waals surface area (Å²) in [5.41, 5.74) is 7.95. The van der Waals surface area contributed by atoms with Gasteiger partial charge in [0.05, 0.1) is 7.11 Å². The minimum Gasteiger partial charge on any atom is -0.497 e. The number of rotatable bonds is 3. The number of nitrogens with zero attached hydrogens (tertiary/aromatic N) is 1. The zero-order chi connectivity index (χ0) is 11.4. The number of benzene rings is 1. The van der Waals surface area contributed by atoms with E-state index >= 15 is 0 Å². The quantitative estimate of drug-likeness (QED) is 0.623. The van der Waals surface area contributed by atoms with Gasteiger partial charge in [-0.15, -0.1) is 0 Å². The van der Waals surface area contributed by atoms with Crippen LogP contribution in [-0.2, 0) is 6.54 Å². The van der Waals surface area contributed by atoms with Crippen molar-refractivity contribution in [1.29, 1.82) is 0 Å². The molecule has 3 heteroatoms. The Morgan fingerprint density at radius 1 is 1.38 bits per heavy atom. The van der Waals surface area contributed by atoms with Crippen molar-refractivity contribution in [3.63, 3.8) is 0 Å². The Hall–Kier alpha value is -1.48. The summed E-state index contributed by atoms with van der Waals surface area (Å²) < 4.78 is 5.21. The van der Waals surface area contributed by atoms with Crippen molar-refractivity contribution in [3.05, 3.63) is 35.9 Å². The van der Waals surface area contributed by atoms with Crippen molar-refractivity contribution >= 4 is 5.69 Å². The van der Waals surface area contributed by atoms with Crippen LogP contribution < -0.4 is 10.5 Å². The zero-order valence-corrected chi connectivity index (χ0v) is 9.65. The fraction of sp³-hybridized carbons (Fsp3) is 0.385. The maximum absolute atomic E-state index is 5.96. The lowest BCUT2D eigenvalue weighted by atomic mass is 10.1. The monoisotopic (exact) mass is 218 g/mol. The summed E-state index contributed by atoms with van der Waals surface area (Å²) in [7, 11) is 1.68. The highest BCUT2D eigenvalue weighted by Gasteiger charge is 2.09. The summed E-state index contributed by atoms with van der Waals surface area (Å²) in [4.78, 5) is 2.38. The second kappa shape index (κ2) is 5.03. The third-order valence-electron chi connectivity index (χ3n) is 2.89. The van der Waals surface area contributed by atoms with Crippen molar-refractivity contribution in [2.24, 2.45) is 0 Å². The molecule has 0 unspecified atom stereocenters. The fourth-order valence-corrected chi connectivity index (χ4v) is 1.92. The molecule has 0 spiro atoms. The van der Waals surface area contributed by atoms with Gasteiger partial charge in [-0.05, 0) is 30.2 Å². The van der Waals surface area contributed by atoms with Crippen molar-refractivity contribution in [2.75, 3.05) is 25.9 Å². The van der Waals surface area contributed by atoms with E-state index in [0.717, 1.165) is 43.1 Å². The van der Waals surface area contributed by atoms with Gasteiger partial charge in [0.1, 0.15) is 5.75 Å². The van der Waals surface area contributed by atoms with Gasteiger partial charge in [-0.3, -0.25) is 4.90 Å². The normalized spacial score (nSPS) is 16.3. The van der Waals surface area contributed by atoms with E-state index in [-0.39, 0.29) is 0 Å². The predicted octanol–water partition coefficient (Wildman–Crippen LogP) is 2.04. The Labute approximate surface area is 96.5 Å². The van der Waals surface area contributed by atoms with Crippen LogP contribution in [0.4, 0.5) is 5.69 Å². The fourth-order valence-electron chi connectivity index (χ4n) is 1.92. The lowest BCUT2D eigenvalue weighted by Gasteiger charge is -2.23. The number of nitrogen functional groups attached to an aromatic ring is 1. The van der Waals surface area contributed by atoms with Gasteiger partial charge in [0.25, 0.3) is 0 Å². The number of anilines is 1. The van der Waals surface area contributed by atoms with E-state index in [1.54, 1.807) is 7.11 Å². The van der Waals surface area contributed by atoms with Crippen LogP contribution in [0.2, 0.25) is 0 Å². The van der Waals surface area contributed by atoms with Gasteiger partial charge in [0.15, 0.2) is 0 Å². The maximum Gasteiger partial charge on any atom is 0.119 e. The number of ether oxygens (including phenoxy) is 1. The summed E-state index contributed by atoms with van der Waals surface area (Å²) in [6.07, 6.45) is 5.56. The van der Waals surface area contributed by atoms with E-state index in [1.165, 1.54) is 0 Å². The molecule has 0 aliphatic carbocycles. The van der Waals surface area contributed by atoms with Gasteiger partial charge in [0, 0.05) is 25.3 Å². The third-order valence-corrected chi connectivity index (χ3v) is 2.89. The highest BCUT2D eigenvalue weighted by atomic mass is 16.5. The second-order valence-electron chi connectivity index (χ2n) is 4.06. The Morgan fingerprint density at radius 3 is 2.94 bits per heavy atom. The lowest BCUT2D eigenvalue weighted by Crippen LogP contribution is -2.27. The lowest BCUT2D eigenvalue weighted by molar-refractivity contribution is 0.290. The summed E-state index contributed by atoms with van der Waals surface area (Å²) >= 11 is 0. The number of hydrogen-bond donors (Lipinski definition) is 1. The van der Waals surface area contributed by atoms with Crippen molar-refractivity contribution < 1.29 is 4.74 Å². The van der Waals surface area contributed by atoms with E-state index < -0.39 is 0 Å². The second-order valence-corrected chi connectivity index (χ2v) is 4.06. The Kier molecular flexibility index (Phi) is 3.47. The van der Waals surface area contributed by atoms with Gasteiger partial charge in [-0.25, -0.2) is 0 Å². The van der Waals surface area contributed by atoms with Crippen LogP contribution in [0.5, 0.6) is 5.75 Å². The molecule has 1 aromatic carbocycles. The first-order valence-corrected chi connectivity index (χ1v) is 5.59. The molecule has 3 nitrogen and oxygen atoms in total. The molecule has 86 valence electrons. The number of hydrogen-bond acceptors (Lipinski definition) is 3. The van der Waals surface area contributed by atoms with Crippen molar-refractivity contribution in [1.82, 2.24) is 4.90 Å². The molecule has 0 fully saturated rings. The molecule has 1 aliphatic heterocycles. The van der Waals surface area contributed by atoms with Crippen LogP contribution >= 0.6 is 0 Å². The van der Waals surface area contributed by atoms with Crippen molar-refractivity contribution in [2.45, 2.75) is 13.0 Å². The van der Waals surface area contributed by atoms with Gasteiger partial charge in [-0.2, -0.15) is 0 Å². The molecule has 0 amide bonds. The van der Waals surface area contributed by atoms with Crippen LogP contribution in [0.15, 0.2) is 30.4 Å². The summed E-state index contributed by atoms with van der Waals surface area (Å²) in [6.45, 7) is 3.01. The minimum absolute atomic E-state index is 0.843. The topological polar surface area (TPSA) is 38.5 Å². The van der Waals surface area contributed by atoms with Gasteiger partial charge in [-0.1, -0.05) is 12.2 Å². The molecular weight excluding hydrogens is 200 g/mol. The predicted molar refractivity (Wildman–Crippen MR) is 66.4 cm³/mol. The highest BCUT2D eigenvalue weighted by molar-refractivity contribution is 5.50. The van der Waals surface area contributed by atoms with E-state index in [1.807, 2.05) is 18.2 Å².